The van der Waals surface area contributed by atoms with E-state index in [1.54, 1.807) is 36.0 Å². The largest absolute Gasteiger partial charge is 0.478 e. The third kappa shape index (κ3) is 9.32. The molecule has 0 spiro atoms. The van der Waals surface area contributed by atoms with Crippen molar-refractivity contribution in [3.05, 3.63) is 137 Å². The molecule has 5 rings (SSSR count). The first-order valence-electron chi connectivity index (χ1n) is 15.8. The van der Waals surface area contributed by atoms with Crippen molar-refractivity contribution in [3.8, 4) is 0 Å². The van der Waals surface area contributed by atoms with Gasteiger partial charge in [-0.1, -0.05) is 85.8 Å². The SMILES string of the molecule is CC(=O)C(Cc1ccccc1)NC(=O)NCc1ccc(C2OC(CSc3ccc(C(=O)O)cc3)C(C)C(c3ccc(CO)cc3)O2)cc1. The molecule has 5 atom stereocenters. The first-order chi connectivity index (χ1) is 23.2. The molecule has 5 unspecified atom stereocenters. The maximum atomic E-state index is 12.7. The van der Waals surface area contributed by atoms with Crippen LogP contribution in [0.4, 0.5) is 4.79 Å². The molecule has 0 saturated carbocycles. The fraction of sp³-hybridized carbons (Fsp3) is 0.289. The van der Waals surface area contributed by atoms with Crippen molar-refractivity contribution in [1.29, 1.82) is 0 Å². The number of urea groups is 1. The van der Waals surface area contributed by atoms with Gasteiger partial charge in [-0.3, -0.25) is 4.79 Å². The Balaban J connectivity index is 1.24. The van der Waals surface area contributed by atoms with E-state index in [4.69, 9.17) is 9.47 Å². The van der Waals surface area contributed by atoms with Gasteiger partial charge in [-0.2, -0.15) is 0 Å². The number of carbonyl (C=O) groups excluding carboxylic acids is 2. The van der Waals surface area contributed by atoms with Crippen LogP contribution in [0.1, 0.15) is 64.4 Å². The van der Waals surface area contributed by atoms with E-state index in [9.17, 15) is 24.6 Å². The Morgan fingerprint density at radius 3 is 2.08 bits per heavy atom. The summed E-state index contributed by atoms with van der Waals surface area (Å²) in [6, 6.07) is 30.7. The van der Waals surface area contributed by atoms with E-state index in [0.717, 1.165) is 32.7 Å². The van der Waals surface area contributed by atoms with E-state index in [-0.39, 0.29) is 42.6 Å². The number of ether oxygens (including phenoxy) is 2. The molecule has 0 aliphatic carbocycles. The van der Waals surface area contributed by atoms with Gasteiger partial charge >= 0.3 is 12.0 Å². The van der Waals surface area contributed by atoms with Gasteiger partial charge in [0.25, 0.3) is 0 Å². The van der Waals surface area contributed by atoms with E-state index in [1.165, 1.54) is 6.92 Å². The predicted octanol–water partition coefficient (Wildman–Crippen LogP) is 6.46. The summed E-state index contributed by atoms with van der Waals surface area (Å²) in [6.07, 6.45) is -0.693. The molecule has 48 heavy (non-hydrogen) atoms. The molecule has 1 saturated heterocycles. The summed E-state index contributed by atoms with van der Waals surface area (Å²) < 4.78 is 13.1. The number of hydrogen-bond acceptors (Lipinski definition) is 7. The van der Waals surface area contributed by atoms with Gasteiger partial charge in [-0.15, -0.1) is 11.8 Å². The van der Waals surface area contributed by atoms with Crippen molar-refractivity contribution in [2.75, 3.05) is 5.75 Å². The molecule has 250 valence electrons. The highest BCUT2D eigenvalue weighted by atomic mass is 32.2. The van der Waals surface area contributed by atoms with Crippen molar-refractivity contribution < 1.29 is 34.1 Å². The average Bonchev–Trinajstić information content (AvgIpc) is 3.11. The third-order valence-corrected chi connectivity index (χ3v) is 9.52. The zero-order valence-corrected chi connectivity index (χ0v) is 27.7. The van der Waals surface area contributed by atoms with Gasteiger partial charge in [0.1, 0.15) is 0 Å². The maximum Gasteiger partial charge on any atom is 0.335 e. The summed E-state index contributed by atoms with van der Waals surface area (Å²) in [5.74, 6) is -0.455. The Morgan fingerprint density at radius 2 is 1.46 bits per heavy atom. The summed E-state index contributed by atoms with van der Waals surface area (Å²) in [5, 5.41) is 24.4. The highest BCUT2D eigenvalue weighted by Crippen LogP contribution is 2.43. The van der Waals surface area contributed by atoms with E-state index in [0.29, 0.717) is 12.2 Å². The van der Waals surface area contributed by atoms with Crippen LogP contribution in [0.2, 0.25) is 0 Å². The highest BCUT2D eigenvalue weighted by Gasteiger charge is 2.38. The first-order valence-corrected chi connectivity index (χ1v) is 16.8. The molecule has 4 aromatic carbocycles. The van der Waals surface area contributed by atoms with E-state index < -0.39 is 24.3 Å². The lowest BCUT2D eigenvalue weighted by Gasteiger charge is -2.41. The zero-order chi connectivity index (χ0) is 34.0. The molecule has 4 aromatic rings. The van der Waals surface area contributed by atoms with Crippen LogP contribution >= 0.6 is 11.8 Å². The number of benzene rings is 4. The summed E-state index contributed by atoms with van der Waals surface area (Å²) in [6.45, 7) is 3.79. The number of Topliss-reactive ketones (excluding diaryl/α,β-unsaturated/α-hetero) is 1. The molecule has 1 aliphatic heterocycles. The quantitative estimate of drug-likeness (QED) is 0.119. The van der Waals surface area contributed by atoms with Gasteiger partial charge in [-0.05, 0) is 59.9 Å². The molecule has 9 nitrogen and oxygen atoms in total. The minimum absolute atomic E-state index is 0.00489. The monoisotopic (exact) mass is 668 g/mol. The van der Waals surface area contributed by atoms with Crippen LogP contribution in [0.3, 0.4) is 0 Å². The van der Waals surface area contributed by atoms with Crippen LogP contribution < -0.4 is 10.6 Å². The van der Waals surface area contributed by atoms with Crippen molar-refractivity contribution in [1.82, 2.24) is 10.6 Å². The van der Waals surface area contributed by atoms with Gasteiger partial charge < -0.3 is 30.3 Å². The molecule has 1 heterocycles. The Morgan fingerprint density at radius 1 is 0.812 bits per heavy atom. The Hall–Kier alpha value is -4.48. The summed E-state index contributed by atoms with van der Waals surface area (Å²) in [4.78, 5) is 37.1. The summed E-state index contributed by atoms with van der Waals surface area (Å²) in [5.41, 5.74) is 4.70. The van der Waals surface area contributed by atoms with Gasteiger partial charge in [-0.25, -0.2) is 9.59 Å². The minimum Gasteiger partial charge on any atom is -0.478 e. The number of carboxylic acid groups (broad SMARTS) is 1. The second-order valence-corrected chi connectivity index (χ2v) is 13.0. The summed E-state index contributed by atoms with van der Waals surface area (Å²) >= 11 is 1.60. The molecule has 0 bridgehead atoms. The predicted molar refractivity (Wildman–Crippen MR) is 184 cm³/mol. The number of thioether (sulfide) groups is 1. The number of nitrogens with one attached hydrogen (secondary N) is 2. The standard InChI is InChI=1S/C38H40N2O7S/c1-24-34(23-48-32-18-16-30(17-19-32)36(43)44)46-37(47-35(24)29-12-10-28(22-41)11-13-29)31-14-8-27(9-15-31)21-39-38(45)40-33(25(2)42)20-26-6-4-3-5-7-26/h3-19,24,33-35,37,41H,20-23H2,1-2H3,(H,43,44)(H2,39,40,45). The van der Waals surface area contributed by atoms with Crippen molar-refractivity contribution in [2.24, 2.45) is 5.92 Å². The topological polar surface area (TPSA) is 134 Å². The van der Waals surface area contributed by atoms with E-state index in [1.807, 2.05) is 78.9 Å². The molecule has 4 N–H and O–H groups in total. The van der Waals surface area contributed by atoms with Gasteiger partial charge in [0, 0.05) is 28.7 Å². The average molecular weight is 669 g/mol. The van der Waals surface area contributed by atoms with Crippen LogP contribution in [0.15, 0.2) is 108 Å². The number of rotatable bonds is 13. The summed E-state index contributed by atoms with van der Waals surface area (Å²) in [7, 11) is 0. The molecule has 2 amide bonds. The van der Waals surface area contributed by atoms with Gasteiger partial charge in [0.15, 0.2) is 12.1 Å². The van der Waals surface area contributed by atoms with Gasteiger partial charge in [0.05, 0.1) is 30.4 Å². The number of hydrogen-bond donors (Lipinski definition) is 4. The number of aliphatic hydroxyl groups excluding tert-OH is 1. The van der Waals surface area contributed by atoms with E-state index in [2.05, 4.69) is 17.6 Å². The molecular weight excluding hydrogens is 628 g/mol. The Bertz CT molecular complexity index is 1660. The number of carbonyl (C=O) groups is 3. The second-order valence-electron chi connectivity index (χ2n) is 11.9. The lowest BCUT2D eigenvalue weighted by molar-refractivity contribution is -0.268. The molecular formula is C38H40N2O7S. The lowest BCUT2D eigenvalue weighted by atomic mass is 9.91. The Labute approximate surface area is 284 Å². The minimum atomic E-state index is -0.962. The van der Waals surface area contributed by atoms with E-state index >= 15 is 0 Å². The molecule has 1 aliphatic rings. The molecule has 0 aromatic heterocycles. The molecule has 0 radical (unpaired) electrons. The van der Waals surface area contributed by atoms with Crippen LogP contribution in [0.5, 0.6) is 0 Å². The van der Waals surface area contributed by atoms with Crippen LogP contribution in [0.25, 0.3) is 0 Å². The smallest absolute Gasteiger partial charge is 0.335 e. The number of aliphatic hydroxyl groups is 1. The Kier molecular flexibility index (Phi) is 12.0. The number of carboxylic acids is 1. The fourth-order valence-electron chi connectivity index (χ4n) is 5.51. The molecule has 1 fully saturated rings. The number of aromatic carboxylic acids is 1. The lowest BCUT2D eigenvalue weighted by Crippen LogP contribution is -2.46. The zero-order valence-electron chi connectivity index (χ0n) is 26.9. The van der Waals surface area contributed by atoms with Crippen LogP contribution in [0, 0.1) is 5.92 Å². The van der Waals surface area contributed by atoms with Crippen molar-refractivity contribution in [2.45, 2.75) is 62.9 Å². The number of ketones is 1. The maximum absolute atomic E-state index is 12.7. The number of amides is 2. The van der Waals surface area contributed by atoms with Gasteiger partial charge in [0.2, 0.25) is 0 Å². The van der Waals surface area contributed by atoms with Crippen LogP contribution in [-0.4, -0.2) is 45.9 Å². The first kappa shape index (κ1) is 34.8. The van der Waals surface area contributed by atoms with Crippen molar-refractivity contribution in [3.63, 3.8) is 0 Å². The second kappa shape index (κ2) is 16.6. The fourth-order valence-corrected chi connectivity index (χ4v) is 6.58. The third-order valence-electron chi connectivity index (χ3n) is 8.42. The highest BCUT2D eigenvalue weighted by molar-refractivity contribution is 7.99. The normalized spacial score (nSPS) is 19.6. The van der Waals surface area contributed by atoms with Crippen molar-refractivity contribution >= 4 is 29.5 Å². The molecule has 10 heteroatoms. The van der Waals surface area contributed by atoms with Crippen LogP contribution in [-0.2, 0) is 33.8 Å².